The van der Waals surface area contributed by atoms with Crippen LogP contribution in [0.1, 0.15) is 49.9 Å². The monoisotopic (exact) mass is 665 g/mol. The van der Waals surface area contributed by atoms with E-state index in [0.717, 1.165) is 22.1 Å². The molecule has 1 aromatic heterocycles. The minimum absolute atomic E-state index is 0.0725. The Morgan fingerprint density at radius 1 is 0.327 bits per heavy atom. The van der Waals surface area contributed by atoms with E-state index in [0.29, 0.717) is 17.5 Å². The first-order valence-electron chi connectivity index (χ1n) is 18.2. The SMILES string of the molecule is CC1(C)c2ccccc2-c2cc(-c3nc(-c4ccc5c(c4)C(C)(C)c4ccccc4-5)nc(-c4ccc5c6c(cccc46)-c4ccccc4-5)n3)ccc21. The molecule has 0 saturated heterocycles. The summed E-state index contributed by atoms with van der Waals surface area (Å²) in [6.45, 7) is 9.27. The maximum absolute atomic E-state index is 5.31. The second-order valence-electron chi connectivity index (χ2n) is 15.6. The molecule has 0 saturated carbocycles. The molecular weight excluding hydrogens is 631 g/mol. The van der Waals surface area contributed by atoms with Gasteiger partial charge < -0.3 is 0 Å². The summed E-state index contributed by atoms with van der Waals surface area (Å²) in [6, 6.07) is 50.8. The fourth-order valence-electron chi connectivity index (χ4n) is 9.46. The fraction of sp³-hybridized carbons (Fsp3) is 0.122. The maximum atomic E-state index is 5.31. The normalized spacial score (nSPS) is 14.8. The lowest BCUT2D eigenvalue weighted by Gasteiger charge is -2.22. The van der Waals surface area contributed by atoms with Gasteiger partial charge in [-0.2, -0.15) is 0 Å². The summed E-state index contributed by atoms with van der Waals surface area (Å²) in [6.07, 6.45) is 0. The molecule has 0 amide bonds. The smallest absolute Gasteiger partial charge is 0.164 e. The Labute approximate surface area is 303 Å². The molecule has 52 heavy (non-hydrogen) atoms. The average molecular weight is 666 g/mol. The van der Waals surface area contributed by atoms with Crippen LogP contribution in [0, 0.1) is 0 Å². The predicted molar refractivity (Wildman–Crippen MR) is 213 cm³/mol. The summed E-state index contributed by atoms with van der Waals surface area (Å²) in [5.41, 5.74) is 18.3. The van der Waals surface area contributed by atoms with E-state index in [2.05, 4.69) is 167 Å². The Kier molecular flexibility index (Phi) is 5.79. The van der Waals surface area contributed by atoms with Gasteiger partial charge in [-0.25, -0.2) is 15.0 Å². The quantitative estimate of drug-likeness (QED) is 0.188. The van der Waals surface area contributed by atoms with Crippen LogP contribution in [0.25, 0.3) is 89.4 Å². The first-order chi connectivity index (χ1) is 25.3. The molecule has 0 radical (unpaired) electrons. The minimum Gasteiger partial charge on any atom is -0.208 e. The molecule has 3 aliphatic rings. The van der Waals surface area contributed by atoms with Gasteiger partial charge in [0.1, 0.15) is 0 Å². The highest BCUT2D eigenvalue weighted by Gasteiger charge is 2.37. The lowest BCUT2D eigenvalue weighted by molar-refractivity contribution is 0.660. The van der Waals surface area contributed by atoms with E-state index in [9.17, 15) is 0 Å². The molecule has 0 unspecified atom stereocenters. The van der Waals surface area contributed by atoms with E-state index in [1.165, 1.54) is 72.1 Å². The van der Waals surface area contributed by atoms with E-state index in [4.69, 9.17) is 15.0 Å². The molecule has 0 bridgehead atoms. The van der Waals surface area contributed by atoms with Crippen molar-refractivity contribution < 1.29 is 0 Å². The van der Waals surface area contributed by atoms with Gasteiger partial charge in [-0.3, -0.25) is 0 Å². The van der Waals surface area contributed by atoms with Crippen molar-refractivity contribution in [3.8, 4) is 78.7 Å². The lowest BCUT2D eigenvalue weighted by atomic mass is 9.82. The van der Waals surface area contributed by atoms with Crippen molar-refractivity contribution in [2.75, 3.05) is 0 Å². The zero-order valence-corrected chi connectivity index (χ0v) is 29.6. The molecule has 8 aromatic rings. The molecule has 3 heteroatoms. The number of hydrogen-bond donors (Lipinski definition) is 0. The maximum Gasteiger partial charge on any atom is 0.164 e. The molecule has 0 N–H and O–H groups in total. The molecule has 1 heterocycles. The molecular formula is C49H35N3. The van der Waals surface area contributed by atoms with Crippen LogP contribution in [0.3, 0.4) is 0 Å². The van der Waals surface area contributed by atoms with Gasteiger partial charge in [-0.05, 0) is 95.7 Å². The highest BCUT2D eigenvalue weighted by molar-refractivity contribution is 6.18. The highest BCUT2D eigenvalue weighted by atomic mass is 15.0. The zero-order chi connectivity index (χ0) is 34.9. The highest BCUT2D eigenvalue weighted by Crippen LogP contribution is 2.52. The van der Waals surface area contributed by atoms with Gasteiger partial charge in [-0.1, -0.05) is 149 Å². The Balaban J connectivity index is 1.14. The lowest BCUT2D eigenvalue weighted by Crippen LogP contribution is -2.15. The van der Waals surface area contributed by atoms with Crippen molar-refractivity contribution >= 4 is 10.8 Å². The standard InChI is InChI=1S/C49H35N3/c1-48(2)41-19-10-8-15-33(41)39-26-28(21-25-42(39)48)45-50-46(29-20-22-34-32-14-7-9-18-40(32)49(3,4)43(34)27-29)52-47(51-45)38-24-23-37-31-13-6-5-12-30(31)35-16-11-17-36(38)44(35)37/h5-27H,1-4H3. The molecule has 0 atom stereocenters. The average Bonchev–Trinajstić information content (AvgIpc) is 3.72. The number of rotatable bonds is 3. The summed E-state index contributed by atoms with van der Waals surface area (Å²) in [5, 5.41) is 2.42. The second-order valence-corrected chi connectivity index (χ2v) is 15.6. The molecule has 11 rings (SSSR count). The third kappa shape index (κ3) is 3.88. The third-order valence-corrected chi connectivity index (χ3v) is 12.1. The van der Waals surface area contributed by atoms with Crippen molar-refractivity contribution in [2.45, 2.75) is 38.5 Å². The predicted octanol–water partition coefficient (Wildman–Crippen LogP) is 12.3. The van der Waals surface area contributed by atoms with Gasteiger partial charge in [0, 0.05) is 27.5 Å². The van der Waals surface area contributed by atoms with E-state index in [1.807, 2.05) is 0 Å². The van der Waals surface area contributed by atoms with Crippen LogP contribution in [0.4, 0.5) is 0 Å². The molecule has 3 aliphatic carbocycles. The van der Waals surface area contributed by atoms with Gasteiger partial charge in [0.05, 0.1) is 0 Å². The number of fused-ring (bicyclic) bond motifs is 9. The van der Waals surface area contributed by atoms with Crippen LogP contribution in [0.5, 0.6) is 0 Å². The second kappa shape index (κ2) is 10.2. The van der Waals surface area contributed by atoms with E-state index in [-0.39, 0.29) is 10.8 Å². The third-order valence-electron chi connectivity index (χ3n) is 12.1. The van der Waals surface area contributed by atoms with Gasteiger partial charge in [-0.15, -0.1) is 0 Å². The molecule has 246 valence electrons. The molecule has 3 nitrogen and oxygen atoms in total. The Morgan fingerprint density at radius 2 is 0.788 bits per heavy atom. The number of aromatic nitrogens is 3. The molecule has 0 aliphatic heterocycles. The largest absolute Gasteiger partial charge is 0.208 e. The van der Waals surface area contributed by atoms with Crippen LogP contribution in [-0.4, -0.2) is 15.0 Å². The van der Waals surface area contributed by atoms with E-state index in [1.54, 1.807) is 0 Å². The summed E-state index contributed by atoms with van der Waals surface area (Å²) in [5.74, 6) is 2.05. The summed E-state index contributed by atoms with van der Waals surface area (Å²) < 4.78 is 0. The van der Waals surface area contributed by atoms with Gasteiger partial charge >= 0.3 is 0 Å². The zero-order valence-electron chi connectivity index (χ0n) is 29.6. The number of nitrogens with zero attached hydrogens (tertiary/aromatic N) is 3. The van der Waals surface area contributed by atoms with Crippen molar-refractivity contribution in [1.82, 2.24) is 15.0 Å². The van der Waals surface area contributed by atoms with Crippen LogP contribution in [0.2, 0.25) is 0 Å². The summed E-state index contributed by atoms with van der Waals surface area (Å²) in [7, 11) is 0. The topological polar surface area (TPSA) is 38.7 Å². The number of hydrogen-bond acceptors (Lipinski definition) is 3. The van der Waals surface area contributed by atoms with Crippen molar-refractivity contribution in [1.29, 1.82) is 0 Å². The minimum atomic E-state index is -0.131. The molecule has 7 aromatic carbocycles. The van der Waals surface area contributed by atoms with Crippen molar-refractivity contribution in [3.05, 3.63) is 162 Å². The first kappa shape index (κ1) is 29.5. The van der Waals surface area contributed by atoms with Gasteiger partial charge in [0.25, 0.3) is 0 Å². The fourth-order valence-corrected chi connectivity index (χ4v) is 9.46. The summed E-state index contributed by atoms with van der Waals surface area (Å²) in [4.78, 5) is 15.9. The molecule has 0 fully saturated rings. The molecule has 0 spiro atoms. The Hall–Kier alpha value is -6.19. The van der Waals surface area contributed by atoms with Crippen LogP contribution in [0.15, 0.2) is 140 Å². The Bertz CT molecular complexity index is 2830. The van der Waals surface area contributed by atoms with Gasteiger partial charge in [0.2, 0.25) is 0 Å². The van der Waals surface area contributed by atoms with E-state index < -0.39 is 0 Å². The number of benzene rings is 7. The van der Waals surface area contributed by atoms with Crippen molar-refractivity contribution in [2.24, 2.45) is 0 Å². The first-order valence-corrected chi connectivity index (χ1v) is 18.2. The van der Waals surface area contributed by atoms with Crippen LogP contribution >= 0.6 is 0 Å². The Morgan fingerprint density at radius 3 is 1.50 bits per heavy atom. The van der Waals surface area contributed by atoms with Crippen LogP contribution in [-0.2, 0) is 10.8 Å². The summed E-state index contributed by atoms with van der Waals surface area (Å²) >= 11 is 0. The van der Waals surface area contributed by atoms with Crippen molar-refractivity contribution in [3.63, 3.8) is 0 Å². The van der Waals surface area contributed by atoms with Gasteiger partial charge in [0.15, 0.2) is 17.5 Å². The van der Waals surface area contributed by atoms with Crippen LogP contribution < -0.4 is 0 Å². The van der Waals surface area contributed by atoms with E-state index >= 15 is 0 Å².